The topological polar surface area (TPSA) is 88.5 Å². The van der Waals surface area contributed by atoms with Crippen LogP contribution in [0.15, 0.2) is 18.2 Å². The Kier molecular flexibility index (Phi) is 3.85. The fraction of sp³-hybridized carbons (Fsp3) is 0.357. The summed E-state index contributed by atoms with van der Waals surface area (Å²) in [6.07, 6.45) is 2.24. The molecule has 0 radical (unpaired) electrons. The summed E-state index contributed by atoms with van der Waals surface area (Å²) in [4.78, 5) is 27.1. The first-order valence-corrected chi connectivity index (χ1v) is 7.49. The SMILES string of the molecule is O=C(CC1CCCO1)Nc1nc2ccc(C(=O)O)cc2s1. The second-order valence-electron chi connectivity index (χ2n) is 4.89. The van der Waals surface area contributed by atoms with Crippen LogP contribution in [0.3, 0.4) is 0 Å². The fourth-order valence-corrected chi connectivity index (χ4v) is 3.21. The number of hydrogen-bond donors (Lipinski definition) is 2. The molecule has 1 fully saturated rings. The number of fused-ring (bicyclic) bond motifs is 1. The van der Waals surface area contributed by atoms with Gasteiger partial charge in [0.1, 0.15) is 0 Å². The molecular weight excluding hydrogens is 292 g/mol. The van der Waals surface area contributed by atoms with Crippen molar-refractivity contribution >= 4 is 38.6 Å². The zero-order valence-corrected chi connectivity index (χ0v) is 12.0. The maximum absolute atomic E-state index is 11.9. The Labute approximate surface area is 124 Å². The summed E-state index contributed by atoms with van der Waals surface area (Å²) in [6, 6.07) is 4.71. The molecule has 110 valence electrons. The van der Waals surface area contributed by atoms with Crippen LogP contribution in [0.1, 0.15) is 29.6 Å². The van der Waals surface area contributed by atoms with Crippen molar-refractivity contribution in [1.29, 1.82) is 0 Å². The number of carbonyl (C=O) groups excluding carboxylic acids is 1. The van der Waals surface area contributed by atoms with Crippen LogP contribution >= 0.6 is 11.3 Å². The number of aromatic nitrogens is 1. The van der Waals surface area contributed by atoms with Crippen molar-refractivity contribution in [2.24, 2.45) is 0 Å². The molecule has 1 aliphatic heterocycles. The number of carboxylic acid groups (broad SMARTS) is 1. The number of carboxylic acids is 1. The standard InChI is InChI=1S/C14H14N2O4S/c17-12(7-9-2-1-5-20-9)16-14-15-10-4-3-8(13(18)19)6-11(10)21-14/h3-4,6,9H,1-2,5,7H2,(H,18,19)(H,15,16,17). The van der Waals surface area contributed by atoms with Gasteiger partial charge in [-0.3, -0.25) is 4.79 Å². The van der Waals surface area contributed by atoms with E-state index in [1.54, 1.807) is 12.1 Å². The molecular formula is C14H14N2O4S. The van der Waals surface area contributed by atoms with Gasteiger partial charge in [-0.05, 0) is 31.0 Å². The zero-order chi connectivity index (χ0) is 14.8. The van der Waals surface area contributed by atoms with Crippen molar-refractivity contribution in [3.05, 3.63) is 23.8 Å². The van der Waals surface area contributed by atoms with Gasteiger partial charge in [0.25, 0.3) is 0 Å². The van der Waals surface area contributed by atoms with E-state index in [0.29, 0.717) is 17.1 Å². The molecule has 1 unspecified atom stereocenters. The predicted octanol–water partition coefficient (Wildman–Crippen LogP) is 2.50. The van der Waals surface area contributed by atoms with E-state index in [0.717, 1.165) is 24.1 Å². The van der Waals surface area contributed by atoms with Crippen molar-refractivity contribution in [2.75, 3.05) is 11.9 Å². The second kappa shape index (κ2) is 5.79. The number of hydrogen-bond acceptors (Lipinski definition) is 5. The molecule has 1 amide bonds. The Morgan fingerprint density at radius 2 is 2.33 bits per heavy atom. The minimum Gasteiger partial charge on any atom is -0.478 e. The number of ether oxygens (including phenoxy) is 1. The molecule has 0 spiro atoms. The molecule has 7 heteroatoms. The Balaban J connectivity index is 1.71. The van der Waals surface area contributed by atoms with Gasteiger partial charge in [0.2, 0.25) is 5.91 Å². The molecule has 6 nitrogen and oxygen atoms in total. The minimum absolute atomic E-state index is 0.00186. The summed E-state index contributed by atoms with van der Waals surface area (Å²) in [5.74, 6) is -1.10. The van der Waals surface area contributed by atoms with Gasteiger partial charge in [0.15, 0.2) is 5.13 Å². The van der Waals surface area contributed by atoms with Gasteiger partial charge in [-0.25, -0.2) is 9.78 Å². The predicted molar refractivity (Wildman–Crippen MR) is 78.8 cm³/mol. The third kappa shape index (κ3) is 3.20. The van der Waals surface area contributed by atoms with Crippen LogP contribution in [0.5, 0.6) is 0 Å². The number of thiazole rings is 1. The van der Waals surface area contributed by atoms with Crippen LogP contribution in [0.4, 0.5) is 5.13 Å². The molecule has 0 bridgehead atoms. The highest BCUT2D eigenvalue weighted by Crippen LogP contribution is 2.27. The van der Waals surface area contributed by atoms with Crippen LogP contribution in [-0.4, -0.2) is 34.7 Å². The van der Waals surface area contributed by atoms with E-state index >= 15 is 0 Å². The van der Waals surface area contributed by atoms with E-state index < -0.39 is 5.97 Å². The average molecular weight is 306 g/mol. The number of benzene rings is 1. The number of nitrogens with one attached hydrogen (secondary N) is 1. The summed E-state index contributed by atoms with van der Waals surface area (Å²) >= 11 is 1.27. The summed E-state index contributed by atoms with van der Waals surface area (Å²) < 4.78 is 6.16. The lowest BCUT2D eigenvalue weighted by molar-refractivity contribution is -0.118. The van der Waals surface area contributed by atoms with E-state index in [1.807, 2.05) is 0 Å². The fourth-order valence-electron chi connectivity index (χ4n) is 2.29. The number of rotatable bonds is 4. The molecule has 21 heavy (non-hydrogen) atoms. The first kappa shape index (κ1) is 14.0. The van der Waals surface area contributed by atoms with Gasteiger partial charge in [-0.1, -0.05) is 11.3 Å². The molecule has 1 aromatic heterocycles. The number of amides is 1. The van der Waals surface area contributed by atoms with Crippen LogP contribution in [0.2, 0.25) is 0 Å². The van der Waals surface area contributed by atoms with Gasteiger partial charge in [-0.15, -0.1) is 0 Å². The highest BCUT2D eigenvalue weighted by Gasteiger charge is 2.19. The van der Waals surface area contributed by atoms with Gasteiger partial charge < -0.3 is 15.2 Å². The first-order chi connectivity index (χ1) is 10.1. The summed E-state index contributed by atoms with van der Waals surface area (Å²) in [7, 11) is 0. The molecule has 0 aliphatic carbocycles. The quantitative estimate of drug-likeness (QED) is 0.906. The van der Waals surface area contributed by atoms with Gasteiger partial charge in [0.05, 0.1) is 28.3 Å². The monoisotopic (exact) mass is 306 g/mol. The van der Waals surface area contributed by atoms with Crippen molar-refractivity contribution < 1.29 is 19.4 Å². The highest BCUT2D eigenvalue weighted by atomic mass is 32.1. The molecule has 2 aromatic rings. The van der Waals surface area contributed by atoms with E-state index in [-0.39, 0.29) is 17.6 Å². The van der Waals surface area contributed by atoms with Crippen LogP contribution < -0.4 is 5.32 Å². The number of nitrogens with zero attached hydrogens (tertiary/aromatic N) is 1. The normalized spacial score (nSPS) is 18.0. The maximum atomic E-state index is 11.9. The maximum Gasteiger partial charge on any atom is 0.335 e. The molecule has 1 saturated heterocycles. The van der Waals surface area contributed by atoms with Gasteiger partial charge >= 0.3 is 5.97 Å². The van der Waals surface area contributed by atoms with Crippen molar-refractivity contribution in [3.63, 3.8) is 0 Å². The second-order valence-corrected chi connectivity index (χ2v) is 5.92. The molecule has 1 aromatic carbocycles. The molecule has 1 atom stereocenters. The van der Waals surface area contributed by atoms with Crippen molar-refractivity contribution in [3.8, 4) is 0 Å². The number of anilines is 1. The number of carbonyl (C=O) groups is 2. The van der Waals surface area contributed by atoms with E-state index in [1.165, 1.54) is 17.4 Å². The summed E-state index contributed by atoms with van der Waals surface area (Å²) in [6.45, 7) is 0.719. The Morgan fingerprint density at radius 1 is 1.48 bits per heavy atom. The first-order valence-electron chi connectivity index (χ1n) is 6.67. The highest BCUT2D eigenvalue weighted by molar-refractivity contribution is 7.22. The molecule has 0 saturated carbocycles. The van der Waals surface area contributed by atoms with Gasteiger partial charge in [0, 0.05) is 6.61 Å². The smallest absolute Gasteiger partial charge is 0.335 e. The third-order valence-corrected chi connectivity index (χ3v) is 4.25. The lowest BCUT2D eigenvalue weighted by Crippen LogP contribution is -2.19. The lowest BCUT2D eigenvalue weighted by Gasteiger charge is -2.07. The Morgan fingerprint density at radius 3 is 3.05 bits per heavy atom. The minimum atomic E-state index is -0.978. The zero-order valence-electron chi connectivity index (χ0n) is 11.2. The molecule has 3 rings (SSSR count). The Bertz CT molecular complexity index is 691. The number of aromatic carboxylic acids is 1. The Hall–Kier alpha value is -1.99. The van der Waals surface area contributed by atoms with Crippen molar-refractivity contribution in [1.82, 2.24) is 4.98 Å². The molecule has 1 aliphatic rings. The van der Waals surface area contributed by atoms with E-state index in [4.69, 9.17) is 9.84 Å². The molecule has 2 heterocycles. The van der Waals surface area contributed by atoms with Crippen LogP contribution in [0, 0.1) is 0 Å². The molecule has 2 N–H and O–H groups in total. The van der Waals surface area contributed by atoms with Gasteiger partial charge in [-0.2, -0.15) is 0 Å². The van der Waals surface area contributed by atoms with E-state index in [2.05, 4.69) is 10.3 Å². The lowest BCUT2D eigenvalue weighted by atomic mass is 10.2. The van der Waals surface area contributed by atoms with E-state index in [9.17, 15) is 9.59 Å². The van der Waals surface area contributed by atoms with Crippen LogP contribution in [-0.2, 0) is 9.53 Å². The summed E-state index contributed by atoms with van der Waals surface area (Å²) in [5.41, 5.74) is 0.890. The van der Waals surface area contributed by atoms with Crippen LogP contribution in [0.25, 0.3) is 10.2 Å². The summed E-state index contributed by atoms with van der Waals surface area (Å²) in [5, 5.41) is 12.2. The third-order valence-electron chi connectivity index (χ3n) is 3.32. The largest absolute Gasteiger partial charge is 0.478 e. The van der Waals surface area contributed by atoms with Crippen molar-refractivity contribution in [2.45, 2.75) is 25.4 Å². The average Bonchev–Trinajstić information content (AvgIpc) is 3.05.